The maximum atomic E-state index is 12.5. The Kier molecular flexibility index (Phi) is 7.71. The minimum Gasteiger partial charge on any atom is -0.339 e. The van der Waals surface area contributed by atoms with Crippen molar-refractivity contribution >= 4 is 34.2 Å². The van der Waals surface area contributed by atoms with Crippen LogP contribution in [0.3, 0.4) is 0 Å². The molecule has 0 unspecified atom stereocenters. The fourth-order valence-corrected chi connectivity index (χ4v) is 3.06. The van der Waals surface area contributed by atoms with Crippen molar-refractivity contribution in [2.75, 3.05) is 26.7 Å². The van der Waals surface area contributed by atoms with Gasteiger partial charge in [0, 0.05) is 23.1 Å². The molecule has 1 aromatic rings. The first-order chi connectivity index (χ1) is 9.61. The molecule has 21 heavy (non-hydrogen) atoms. The summed E-state index contributed by atoms with van der Waals surface area (Å²) in [4.78, 5) is 14.5. The van der Waals surface area contributed by atoms with Gasteiger partial charge in [-0.05, 0) is 63.4 Å². The lowest BCUT2D eigenvalue weighted by Crippen LogP contribution is -2.39. The molecule has 118 valence electrons. The Labute approximate surface area is 142 Å². The van der Waals surface area contributed by atoms with E-state index in [1.165, 1.54) is 6.42 Å². The second-order valence-corrected chi connectivity index (χ2v) is 6.45. The molecule has 5 heteroatoms. The first-order valence-electron chi connectivity index (χ1n) is 7.32. The van der Waals surface area contributed by atoms with E-state index in [4.69, 9.17) is 0 Å². The average Bonchev–Trinajstić information content (AvgIpc) is 2.48. The monoisotopic (exact) mass is 374 g/mol. The Morgan fingerprint density at radius 1 is 1.38 bits per heavy atom. The first-order valence-corrected chi connectivity index (χ1v) is 8.11. The van der Waals surface area contributed by atoms with Gasteiger partial charge >= 0.3 is 0 Å². The number of carbonyl (C=O) groups excluding carboxylic acids is 1. The molecule has 0 atom stereocenters. The van der Waals surface area contributed by atoms with Crippen LogP contribution in [0.2, 0.25) is 0 Å². The molecule has 1 heterocycles. The molecule has 1 aromatic carbocycles. The zero-order valence-electron chi connectivity index (χ0n) is 12.7. The molecule has 1 fully saturated rings. The van der Waals surface area contributed by atoms with Gasteiger partial charge < -0.3 is 10.2 Å². The number of hydrogen-bond donors (Lipinski definition) is 1. The average molecular weight is 376 g/mol. The fourth-order valence-electron chi connectivity index (χ4n) is 2.68. The number of likely N-dealkylation sites (tertiary alicyclic amines) is 1. The lowest BCUT2D eigenvalue weighted by molar-refractivity contribution is 0.0687. The van der Waals surface area contributed by atoms with Crippen LogP contribution >= 0.6 is 28.3 Å². The maximum absolute atomic E-state index is 12.5. The van der Waals surface area contributed by atoms with Crippen LogP contribution in [0.4, 0.5) is 0 Å². The van der Waals surface area contributed by atoms with E-state index in [0.29, 0.717) is 0 Å². The molecule has 1 aliphatic heterocycles. The molecule has 0 saturated carbocycles. The standard InChI is InChI=1S/C16H23BrN2O.ClH/c1-12-3-4-14(11-15(12)17)16(20)19-9-6-13(7-10-19)5-8-18-2;/h3-4,11,13,18H,5-10H2,1-2H3;1H. The number of piperidine rings is 1. The van der Waals surface area contributed by atoms with E-state index in [1.54, 1.807) is 0 Å². The van der Waals surface area contributed by atoms with Crippen molar-refractivity contribution in [1.29, 1.82) is 0 Å². The quantitative estimate of drug-likeness (QED) is 0.871. The SMILES string of the molecule is CNCCC1CCN(C(=O)c2ccc(C)c(Br)c2)CC1.Cl. The summed E-state index contributed by atoms with van der Waals surface area (Å²) in [5.74, 6) is 0.925. The highest BCUT2D eigenvalue weighted by Crippen LogP contribution is 2.23. The number of carbonyl (C=O) groups is 1. The van der Waals surface area contributed by atoms with Crippen LogP contribution in [-0.4, -0.2) is 37.5 Å². The third kappa shape index (κ3) is 4.97. The molecule has 2 rings (SSSR count). The van der Waals surface area contributed by atoms with Crippen LogP contribution in [-0.2, 0) is 0 Å². The van der Waals surface area contributed by atoms with Crippen molar-refractivity contribution in [2.45, 2.75) is 26.2 Å². The molecule has 0 bridgehead atoms. The van der Waals surface area contributed by atoms with E-state index >= 15 is 0 Å². The van der Waals surface area contributed by atoms with Crippen molar-refractivity contribution in [2.24, 2.45) is 5.92 Å². The van der Waals surface area contributed by atoms with Crippen molar-refractivity contribution < 1.29 is 4.79 Å². The largest absolute Gasteiger partial charge is 0.339 e. The van der Waals surface area contributed by atoms with Gasteiger partial charge in [-0.2, -0.15) is 0 Å². The summed E-state index contributed by atoms with van der Waals surface area (Å²) in [5.41, 5.74) is 1.95. The normalized spacial score (nSPS) is 15.7. The minimum atomic E-state index is 0. The van der Waals surface area contributed by atoms with Gasteiger partial charge in [-0.1, -0.05) is 22.0 Å². The minimum absolute atomic E-state index is 0. The summed E-state index contributed by atoms with van der Waals surface area (Å²) in [6, 6.07) is 5.86. The van der Waals surface area contributed by atoms with Crippen LogP contribution in [0.25, 0.3) is 0 Å². The lowest BCUT2D eigenvalue weighted by Gasteiger charge is -2.32. The summed E-state index contributed by atoms with van der Waals surface area (Å²) in [7, 11) is 1.99. The van der Waals surface area contributed by atoms with Crippen molar-refractivity contribution in [1.82, 2.24) is 10.2 Å². The van der Waals surface area contributed by atoms with Crippen LogP contribution in [0.1, 0.15) is 35.2 Å². The summed E-state index contributed by atoms with van der Waals surface area (Å²) in [5, 5.41) is 3.20. The second-order valence-electron chi connectivity index (χ2n) is 5.59. The highest BCUT2D eigenvalue weighted by atomic mass is 79.9. The Bertz CT molecular complexity index is 473. The number of halogens is 2. The van der Waals surface area contributed by atoms with E-state index < -0.39 is 0 Å². The van der Waals surface area contributed by atoms with Gasteiger partial charge in [-0.3, -0.25) is 4.79 Å². The number of hydrogen-bond acceptors (Lipinski definition) is 2. The molecule has 0 spiro atoms. The molecule has 0 aromatic heterocycles. The van der Waals surface area contributed by atoms with Crippen LogP contribution < -0.4 is 5.32 Å². The third-order valence-corrected chi connectivity index (χ3v) is 4.98. The number of aryl methyl sites for hydroxylation is 1. The second kappa shape index (κ2) is 8.76. The zero-order valence-corrected chi connectivity index (χ0v) is 15.1. The van der Waals surface area contributed by atoms with Gasteiger partial charge in [0.05, 0.1) is 0 Å². The molecule has 1 amide bonds. The highest BCUT2D eigenvalue weighted by Gasteiger charge is 2.23. The van der Waals surface area contributed by atoms with Crippen molar-refractivity contribution in [3.05, 3.63) is 33.8 Å². The summed E-state index contributed by atoms with van der Waals surface area (Å²) in [6.07, 6.45) is 3.47. The number of nitrogens with one attached hydrogen (secondary N) is 1. The molecule has 1 N–H and O–H groups in total. The molecule has 3 nitrogen and oxygen atoms in total. The van der Waals surface area contributed by atoms with E-state index in [2.05, 4.69) is 21.2 Å². The van der Waals surface area contributed by atoms with Gasteiger partial charge in [-0.25, -0.2) is 0 Å². The van der Waals surface area contributed by atoms with E-state index in [1.807, 2.05) is 37.1 Å². The van der Waals surface area contributed by atoms with Gasteiger partial charge in [0.15, 0.2) is 0 Å². The van der Waals surface area contributed by atoms with Crippen LogP contribution in [0.5, 0.6) is 0 Å². The Hall–Kier alpha value is -0.580. The van der Waals surface area contributed by atoms with Crippen LogP contribution in [0, 0.1) is 12.8 Å². The van der Waals surface area contributed by atoms with Crippen LogP contribution in [0.15, 0.2) is 22.7 Å². The van der Waals surface area contributed by atoms with Gasteiger partial charge in [0.1, 0.15) is 0 Å². The number of nitrogens with zero attached hydrogens (tertiary/aromatic N) is 1. The van der Waals surface area contributed by atoms with Crippen molar-refractivity contribution in [3.8, 4) is 0 Å². The number of amides is 1. The topological polar surface area (TPSA) is 32.3 Å². The number of rotatable bonds is 4. The Balaban J connectivity index is 0.00000220. The maximum Gasteiger partial charge on any atom is 0.253 e. The third-order valence-electron chi connectivity index (χ3n) is 4.12. The molecular weight excluding hydrogens is 352 g/mol. The molecule has 1 aliphatic rings. The van der Waals surface area contributed by atoms with E-state index in [-0.39, 0.29) is 18.3 Å². The highest BCUT2D eigenvalue weighted by molar-refractivity contribution is 9.10. The first kappa shape index (κ1) is 18.5. The predicted octanol–water partition coefficient (Wildman–Crippen LogP) is 3.64. The van der Waals surface area contributed by atoms with E-state index in [9.17, 15) is 4.79 Å². The Morgan fingerprint density at radius 2 is 2.05 bits per heavy atom. The Morgan fingerprint density at radius 3 is 2.62 bits per heavy atom. The van der Waals surface area contributed by atoms with Gasteiger partial charge in [0.2, 0.25) is 0 Å². The molecule has 0 aliphatic carbocycles. The van der Waals surface area contributed by atoms with Crippen molar-refractivity contribution in [3.63, 3.8) is 0 Å². The number of benzene rings is 1. The molecular formula is C16H24BrClN2O. The molecule has 1 saturated heterocycles. The summed E-state index contributed by atoms with van der Waals surface area (Å²) in [6.45, 7) is 4.88. The summed E-state index contributed by atoms with van der Waals surface area (Å²) < 4.78 is 1.01. The molecule has 0 radical (unpaired) electrons. The van der Waals surface area contributed by atoms with Gasteiger partial charge in [-0.15, -0.1) is 12.4 Å². The van der Waals surface area contributed by atoms with E-state index in [0.717, 1.165) is 54.0 Å². The smallest absolute Gasteiger partial charge is 0.253 e. The predicted molar refractivity (Wildman–Crippen MR) is 93.3 cm³/mol. The fraction of sp³-hybridized carbons (Fsp3) is 0.562. The van der Waals surface area contributed by atoms with Gasteiger partial charge in [0.25, 0.3) is 5.91 Å². The zero-order chi connectivity index (χ0) is 14.5. The lowest BCUT2D eigenvalue weighted by atomic mass is 9.93. The summed E-state index contributed by atoms with van der Waals surface area (Å²) >= 11 is 3.50.